The lowest BCUT2D eigenvalue weighted by atomic mass is 10.0. The average molecular weight is 507 g/mol. The monoisotopic (exact) mass is 506 g/mol. The van der Waals surface area contributed by atoms with Gasteiger partial charge in [0.15, 0.2) is 5.75 Å². The lowest BCUT2D eigenvalue weighted by molar-refractivity contribution is 0.0817. The quantitative estimate of drug-likeness (QED) is 0.354. The number of carbonyl (C=O) groups excluding carboxylic acids is 1. The van der Waals surface area contributed by atoms with Gasteiger partial charge in [0.25, 0.3) is 14.2 Å². The van der Waals surface area contributed by atoms with E-state index in [1.54, 1.807) is 25.2 Å². The van der Waals surface area contributed by atoms with Crippen molar-refractivity contribution in [2.24, 2.45) is 4.99 Å². The first-order valence-corrected chi connectivity index (χ1v) is 14.9. The maximum absolute atomic E-state index is 13.7. The van der Waals surface area contributed by atoms with Gasteiger partial charge < -0.3 is 18.8 Å². The van der Waals surface area contributed by atoms with Crippen molar-refractivity contribution in [3.63, 3.8) is 0 Å². The molecule has 7 heteroatoms. The fourth-order valence-corrected chi connectivity index (χ4v) is 11.1. The van der Waals surface area contributed by atoms with E-state index in [0.29, 0.717) is 45.8 Å². The summed E-state index contributed by atoms with van der Waals surface area (Å²) in [7, 11) is 1.07. The van der Waals surface area contributed by atoms with Gasteiger partial charge >= 0.3 is 0 Å². The molecule has 0 bridgehead atoms. The third kappa shape index (κ3) is 4.45. The van der Waals surface area contributed by atoms with Crippen molar-refractivity contribution in [3.8, 4) is 17.2 Å². The molecule has 0 aliphatic carbocycles. The molecule has 1 amide bonds. The van der Waals surface area contributed by atoms with Crippen LogP contribution in [0.25, 0.3) is 5.57 Å². The van der Waals surface area contributed by atoms with Crippen molar-refractivity contribution in [1.82, 2.24) is 4.90 Å². The fraction of sp³-hybridized carbons (Fsp3) is 0.448. The van der Waals surface area contributed by atoms with E-state index in [0.717, 1.165) is 16.9 Å². The van der Waals surface area contributed by atoms with Crippen LogP contribution in [-0.4, -0.2) is 45.6 Å². The van der Waals surface area contributed by atoms with E-state index in [4.69, 9.17) is 18.9 Å². The first-order valence-electron chi connectivity index (χ1n) is 12.7. The molecule has 36 heavy (non-hydrogen) atoms. The van der Waals surface area contributed by atoms with E-state index in [-0.39, 0.29) is 11.9 Å². The van der Waals surface area contributed by atoms with Gasteiger partial charge in [0, 0.05) is 24.9 Å². The molecule has 0 radical (unpaired) electrons. The second-order valence-corrected chi connectivity index (χ2v) is 16.0. The minimum Gasteiger partial charge on any atom is -0.540 e. The molecule has 6 nitrogen and oxygen atoms in total. The standard InChI is InChI=1S/C29H38N2O4Si/c1-18(2)36(19(3)4,20(5)6)35-28-15-26-25(14-27(28)34-8)29(32)31-17-22(13-23(31)16-30-26)21-9-11-24(33-7)12-10-21/h9-12,14-20,23H,13H2,1-8H3/t23-/m0/s1. The van der Waals surface area contributed by atoms with Gasteiger partial charge in [-0.2, -0.15) is 0 Å². The predicted molar refractivity (Wildman–Crippen MR) is 148 cm³/mol. The van der Waals surface area contributed by atoms with E-state index in [1.807, 2.05) is 42.7 Å². The number of nitrogens with zero attached hydrogens (tertiary/aromatic N) is 2. The highest BCUT2D eigenvalue weighted by atomic mass is 28.4. The predicted octanol–water partition coefficient (Wildman–Crippen LogP) is 7.23. The van der Waals surface area contributed by atoms with E-state index in [1.165, 1.54) is 0 Å². The molecule has 2 aromatic rings. The lowest BCUT2D eigenvalue weighted by Gasteiger charge is -2.42. The number of hydrogen-bond acceptors (Lipinski definition) is 5. The maximum atomic E-state index is 13.7. The van der Waals surface area contributed by atoms with Gasteiger partial charge in [0.1, 0.15) is 11.5 Å². The molecular weight excluding hydrogens is 468 g/mol. The number of amides is 1. The summed E-state index contributed by atoms with van der Waals surface area (Å²) >= 11 is 0. The van der Waals surface area contributed by atoms with Gasteiger partial charge in [-0.1, -0.05) is 53.7 Å². The molecule has 0 fully saturated rings. The Morgan fingerprint density at radius 3 is 2.11 bits per heavy atom. The van der Waals surface area contributed by atoms with Crippen LogP contribution in [0.15, 0.2) is 47.6 Å². The highest BCUT2D eigenvalue weighted by molar-refractivity contribution is 6.78. The normalized spacial score (nSPS) is 17.3. The Hall–Kier alpha value is -3.06. The van der Waals surface area contributed by atoms with Crippen molar-refractivity contribution in [2.45, 2.75) is 70.6 Å². The van der Waals surface area contributed by atoms with E-state index in [9.17, 15) is 4.79 Å². The van der Waals surface area contributed by atoms with E-state index in [2.05, 4.69) is 41.5 Å². The maximum Gasteiger partial charge on any atom is 0.260 e. The number of benzene rings is 2. The summed E-state index contributed by atoms with van der Waals surface area (Å²) in [5, 5.41) is 0. The van der Waals surface area contributed by atoms with Crippen molar-refractivity contribution in [2.75, 3.05) is 14.2 Å². The highest BCUT2D eigenvalue weighted by Gasteiger charge is 2.47. The molecule has 0 saturated carbocycles. The SMILES string of the molecule is COc1ccc(C2=CN3C(=O)c4cc(OC)c(O[Si](C(C)C)(C(C)C)C(C)C)cc4N=C[C@@H]3C2)cc1. The van der Waals surface area contributed by atoms with E-state index >= 15 is 0 Å². The molecule has 192 valence electrons. The van der Waals surface area contributed by atoms with Gasteiger partial charge in [-0.15, -0.1) is 0 Å². The minimum atomic E-state index is -2.21. The molecule has 2 aromatic carbocycles. The Morgan fingerprint density at radius 2 is 1.56 bits per heavy atom. The molecule has 2 heterocycles. The fourth-order valence-electron chi connectivity index (χ4n) is 5.89. The zero-order valence-corrected chi connectivity index (χ0v) is 23.7. The van der Waals surface area contributed by atoms with Crippen molar-refractivity contribution < 1.29 is 18.7 Å². The molecular formula is C29H38N2O4Si. The average Bonchev–Trinajstić information content (AvgIpc) is 3.24. The number of fused-ring (bicyclic) bond motifs is 2. The Balaban J connectivity index is 1.70. The van der Waals surface area contributed by atoms with Gasteiger partial charge in [0.2, 0.25) is 0 Å². The van der Waals surface area contributed by atoms with Crippen LogP contribution in [0.5, 0.6) is 17.2 Å². The number of methoxy groups -OCH3 is 2. The van der Waals surface area contributed by atoms with Gasteiger partial charge in [-0.25, -0.2) is 0 Å². The summed E-state index contributed by atoms with van der Waals surface area (Å²) in [6.45, 7) is 13.5. The van der Waals surface area contributed by atoms with Crippen LogP contribution in [0, 0.1) is 0 Å². The van der Waals surface area contributed by atoms with Crippen LogP contribution in [0.1, 0.15) is 63.9 Å². The smallest absolute Gasteiger partial charge is 0.260 e. The zero-order valence-electron chi connectivity index (χ0n) is 22.7. The van der Waals surface area contributed by atoms with Crippen molar-refractivity contribution in [1.29, 1.82) is 0 Å². The lowest BCUT2D eigenvalue weighted by Crippen LogP contribution is -2.50. The van der Waals surface area contributed by atoms with Crippen LogP contribution in [0.2, 0.25) is 16.6 Å². The van der Waals surface area contributed by atoms with Crippen LogP contribution < -0.4 is 13.9 Å². The first kappa shape index (κ1) is 26.0. The van der Waals surface area contributed by atoms with Gasteiger partial charge in [-0.05, 0) is 46.0 Å². The molecule has 0 saturated heterocycles. The minimum absolute atomic E-state index is 0.0825. The Bertz CT molecular complexity index is 1160. The van der Waals surface area contributed by atoms with Crippen LogP contribution >= 0.6 is 0 Å². The first-order chi connectivity index (χ1) is 17.1. The topological polar surface area (TPSA) is 60.4 Å². The van der Waals surface area contributed by atoms with Crippen LogP contribution in [0.4, 0.5) is 5.69 Å². The Labute approximate surface area is 216 Å². The summed E-state index contributed by atoms with van der Waals surface area (Å²) in [5.74, 6) is 1.98. The highest BCUT2D eigenvalue weighted by Crippen LogP contribution is 2.47. The summed E-state index contributed by atoms with van der Waals surface area (Å²) in [6.07, 6.45) is 4.53. The molecule has 1 atom stereocenters. The zero-order chi connectivity index (χ0) is 26.2. The summed E-state index contributed by atoms with van der Waals surface area (Å²) in [4.78, 5) is 20.2. The second kappa shape index (κ2) is 10.1. The summed E-state index contributed by atoms with van der Waals surface area (Å²) in [6, 6.07) is 11.5. The molecule has 0 aromatic heterocycles. The number of hydrogen-bond donors (Lipinski definition) is 0. The number of aliphatic imine (C=N–C) groups is 1. The van der Waals surface area contributed by atoms with Gasteiger partial charge in [0.05, 0.1) is 31.5 Å². The molecule has 2 aliphatic rings. The Kier molecular flexibility index (Phi) is 7.32. The largest absolute Gasteiger partial charge is 0.540 e. The molecule has 0 N–H and O–H groups in total. The molecule has 0 spiro atoms. The van der Waals surface area contributed by atoms with Crippen molar-refractivity contribution in [3.05, 3.63) is 53.7 Å². The Morgan fingerprint density at radius 1 is 0.917 bits per heavy atom. The molecule has 4 rings (SSSR count). The molecule has 0 unspecified atom stereocenters. The molecule has 2 aliphatic heterocycles. The van der Waals surface area contributed by atoms with Gasteiger partial charge in [-0.3, -0.25) is 9.79 Å². The number of rotatable bonds is 8. The van der Waals surface area contributed by atoms with E-state index < -0.39 is 8.32 Å². The summed E-state index contributed by atoms with van der Waals surface area (Å²) in [5.41, 5.74) is 4.57. The number of carbonyl (C=O) groups is 1. The third-order valence-corrected chi connectivity index (χ3v) is 13.7. The van der Waals surface area contributed by atoms with Crippen molar-refractivity contribution >= 4 is 31.7 Å². The van der Waals surface area contributed by atoms with Crippen LogP contribution in [-0.2, 0) is 0 Å². The van der Waals surface area contributed by atoms with Crippen LogP contribution in [0.3, 0.4) is 0 Å². The second-order valence-electron chi connectivity index (χ2n) is 10.6. The number of ether oxygens (including phenoxy) is 2. The summed E-state index contributed by atoms with van der Waals surface area (Å²) < 4.78 is 18.0. The third-order valence-electron chi connectivity index (χ3n) is 7.67.